The van der Waals surface area contributed by atoms with Crippen LogP contribution in [0.4, 0.5) is 0 Å². The normalized spacial score (nSPS) is 17.3. The summed E-state index contributed by atoms with van der Waals surface area (Å²) in [6.07, 6.45) is 1.28. The molecule has 1 rings (SSSR count). The molecule has 0 spiro atoms. The van der Waals surface area contributed by atoms with E-state index in [1.807, 2.05) is 0 Å². The van der Waals surface area contributed by atoms with Gasteiger partial charge in [-0.3, -0.25) is 0 Å². The minimum absolute atomic E-state index is 0.500. The van der Waals surface area contributed by atoms with Crippen molar-refractivity contribution in [1.82, 2.24) is 0 Å². The van der Waals surface area contributed by atoms with Crippen molar-refractivity contribution in [3.63, 3.8) is 0 Å². The lowest BCUT2D eigenvalue weighted by Gasteiger charge is -2.09. The van der Waals surface area contributed by atoms with Crippen molar-refractivity contribution < 1.29 is 4.74 Å². The molecule has 0 radical (unpaired) electrons. The summed E-state index contributed by atoms with van der Waals surface area (Å²) in [5.41, 5.74) is 0.500. The molecule has 1 heteroatoms. The number of hydrogen-bond acceptors (Lipinski definition) is 1. The van der Waals surface area contributed by atoms with E-state index in [9.17, 15) is 0 Å². The fourth-order valence-corrected chi connectivity index (χ4v) is 0.144. The maximum Gasteiger partial charge on any atom is 0.0488 e. The van der Waals surface area contributed by atoms with Crippen molar-refractivity contribution in [2.24, 2.45) is 5.41 Å². The molecular formula is C8H18O. The van der Waals surface area contributed by atoms with Gasteiger partial charge in [0, 0.05) is 13.2 Å². The Morgan fingerprint density at radius 3 is 1.11 bits per heavy atom. The summed E-state index contributed by atoms with van der Waals surface area (Å²) in [4.78, 5) is 0. The third-order valence-electron chi connectivity index (χ3n) is 0.577. The van der Waals surface area contributed by atoms with Crippen LogP contribution < -0.4 is 0 Å². The molecule has 0 N–H and O–H groups in total. The standard InChI is InChI=1S/C5H12.C3H6O/c1-5(2,3)4;1-2-4-3-1/h1-4H3;1-3H2. The quantitative estimate of drug-likeness (QED) is 0.489. The first-order valence-corrected chi connectivity index (χ1v) is 3.58. The Labute approximate surface area is 58.4 Å². The van der Waals surface area contributed by atoms with Gasteiger partial charge in [-0.05, 0) is 11.8 Å². The number of ether oxygens (including phenoxy) is 1. The highest BCUT2D eigenvalue weighted by molar-refractivity contribution is 4.47. The molecular weight excluding hydrogens is 112 g/mol. The van der Waals surface area contributed by atoms with E-state index in [0.29, 0.717) is 5.41 Å². The third-order valence-corrected chi connectivity index (χ3v) is 0.577. The van der Waals surface area contributed by atoms with Crippen LogP contribution in [0.15, 0.2) is 0 Å². The largest absolute Gasteiger partial charge is 0.381 e. The van der Waals surface area contributed by atoms with Gasteiger partial charge in [0.2, 0.25) is 0 Å². The summed E-state index contributed by atoms with van der Waals surface area (Å²) in [5, 5.41) is 0. The van der Waals surface area contributed by atoms with Crippen LogP contribution in [0.2, 0.25) is 0 Å². The average molecular weight is 130 g/mol. The summed E-state index contributed by atoms with van der Waals surface area (Å²) < 4.78 is 4.72. The predicted molar refractivity (Wildman–Crippen MR) is 40.6 cm³/mol. The van der Waals surface area contributed by atoms with Gasteiger partial charge in [-0.15, -0.1) is 0 Å². The second-order valence-corrected chi connectivity index (χ2v) is 3.97. The topological polar surface area (TPSA) is 9.23 Å². The molecule has 0 atom stereocenters. The van der Waals surface area contributed by atoms with E-state index in [1.54, 1.807) is 0 Å². The van der Waals surface area contributed by atoms with E-state index >= 15 is 0 Å². The molecule has 0 saturated carbocycles. The van der Waals surface area contributed by atoms with Gasteiger partial charge < -0.3 is 4.74 Å². The Bertz CT molecular complexity index is 47.5. The molecule has 0 aromatic carbocycles. The van der Waals surface area contributed by atoms with E-state index < -0.39 is 0 Å². The lowest BCUT2D eigenvalue weighted by molar-refractivity contribution is 0.0367. The fourth-order valence-electron chi connectivity index (χ4n) is 0.144. The monoisotopic (exact) mass is 130 g/mol. The molecule has 0 bridgehead atoms. The van der Waals surface area contributed by atoms with Crippen LogP contribution in [0.3, 0.4) is 0 Å². The van der Waals surface area contributed by atoms with Crippen LogP contribution in [0.5, 0.6) is 0 Å². The Morgan fingerprint density at radius 2 is 1.11 bits per heavy atom. The zero-order valence-corrected chi connectivity index (χ0v) is 7.03. The minimum atomic E-state index is 0.500. The summed E-state index contributed by atoms with van der Waals surface area (Å²) in [5.74, 6) is 0. The highest BCUT2D eigenvalue weighted by atomic mass is 16.5. The fraction of sp³-hybridized carbons (Fsp3) is 1.00. The number of hydrogen-bond donors (Lipinski definition) is 0. The van der Waals surface area contributed by atoms with Crippen molar-refractivity contribution in [3.05, 3.63) is 0 Å². The van der Waals surface area contributed by atoms with E-state index in [2.05, 4.69) is 27.7 Å². The van der Waals surface area contributed by atoms with Crippen molar-refractivity contribution >= 4 is 0 Å². The van der Waals surface area contributed by atoms with E-state index in [0.717, 1.165) is 13.2 Å². The van der Waals surface area contributed by atoms with Crippen LogP contribution in [0.1, 0.15) is 34.1 Å². The molecule has 1 aliphatic rings. The van der Waals surface area contributed by atoms with Crippen LogP contribution in [-0.4, -0.2) is 13.2 Å². The van der Waals surface area contributed by atoms with Crippen LogP contribution in [0.25, 0.3) is 0 Å². The zero-order chi connectivity index (χ0) is 7.33. The molecule has 56 valence electrons. The van der Waals surface area contributed by atoms with Gasteiger partial charge in [-0.25, -0.2) is 0 Å². The van der Waals surface area contributed by atoms with Gasteiger partial charge in [0.05, 0.1) is 0 Å². The van der Waals surface area contributed by atoms with Gasteiger partial charge >= 0.3 is 0 Å². The molecule has 1 heterocycles. The molecule has 0 aliphatic carbocycles. The van der Waals surface area contributed by atoms with Crippen molar-refractivity contribution in [2.75, 3.05) is 13.2 Å². The molecule has 0 aromatic rings. The highest BCUT2D eigenvalue weighted by Crippen LogP contribution is 2.08. The SMILES string of the molecule is C1COC1.CC(C)(C)C. The molecule has 1 nitrogen and oxygen atoms in total. The Kier molecular flexibility index (Phi) is 3.87. The molecule has 1 aliphatic heterocycles. The molecule has 1 fully saturated rings. The van der Waals surface area contributed by atoms with Gasteiger partial charge in [0.25, 0.3) is 0 Å². The van der Waals surface area contributed by atoms with Gasteiger partial charge in [-0.2, -0.15) is 0 Å². The predicted octanol–water partition coefficient (Wildman–Crippen LogP) is 2.46. The van der Waals surface area contributed by atoms with Gasteiger partial charge in [0.15, 0.2) is 0 Å². The van der Waals surface area contributed by atoms with E-state index in [1.165, 1.54) is 6.42 Å². The summed E-state index contributed by atoms with van der Waals surface area (Å²) >= 11 is 0. The minimum Gasteiger partial charge on any atom is -0.381 e. The van der Waals surface area contributed by atoms with Crippen molar-refractivity contribution in [2.45, 2.75) is 34.1 Å². The van der Waals surface area contributed by atoms with Crippen molar-refractivity contribution in [1.29, 1.82) is 0 Å². The van der Waals surface area contributed by atoms with E-state index in [4.69, 9.17) is 4.74 Å². The molecule has 1 saturated heterocycles. The smallest absolute Gasteiger partial charge is 0.0488 e. The van der Waals surface area contributed by atoms with Gasteiger partial charge in [-0.1, -0.05) is 27.7 Å². The summed E-state index contributed by atoms with van der Waals surface area (Å²) in [6.45, 7) is 10.8. The van der Waals surface area contributed by atoms with Crippen LogP contribution in [-0.2, 0) is 4.74 Å². The first kappa shape index (κ1) is 8.96. The average Bonchev–Trinajstić information content (AvgIpc) is 1.12. The van der Waals surface area contributed by atoms with E-state index in [-0.39, 0.29) is 0 Å². The first-order chi connectivity index (χ1) is 4.00. The lowest BCUT2D eigenvalue weighted by atomic mass is 10.0. The number of rotatable bonds is 0. The summed E-state index contributed by atoms with van der Waals surface area (Å²) in [6, 6.07) is 0. The maximum absolute atomic E-state index is 4.72. The second-order valence-electron chi connectivity index (χ2n) is 3.97. The zero-order valence-electron chi connectivity index (χ0n) is 7.03. The summed E-state index contributed by atoms with van der Waals surface area (Å²) in [7, 11) is 0. The molecule has 9 heavy (non-hydrogen) atoms. The van der Waals surface area contributed by atoms with Crippen LogP contribution >= 0.6 is 0 Å². The second kappa shape index (κ2) is 3.89. The molecule has 0 amide bonds. The van der Waals surface area contributed by atoms with Crippen molar-refractivity contribution in [3.8, 4) is 0 Å². The van der Waals surface area contributed by atoms with Crippen LogP contribution in [0, 0.1) is 5.41 Å². The first-order valence-electron chi connectivity index (χ1n) is 3.58. The lowest BCUT2D eigenvalue weighted by Crippen LogP contribution is -2.09. The van der Waals surface area contributed by atoms with Gasteiger partial charge in [0.1, 0.15) is 0 Å². The molecule has 0 aromatic heterocycles. The highest BCUT2D eigenvalue weighted by Gasteiger charge is 1.95. The Balaban J connectivity index is 0.000000144. The Morgan fingerprint density at radius 1 is 1.00 bits per heavy atom. The molecule has 0 unspecified atom stereocenters. The Hall–Kier alpha value is -0.0400. The maximum atomic E-state index is 4.72. The third kappa shape index (κ3) is 18.0.